The van der Waals surface area contributed by atoms with Gasteiger partial charge in [0.15, 0.2) is 0 Å². The molecule has 130 valence electrons. The molecule has 0 aliphatic heterocycles. The maximum absolute atomic E-state index is 12.3. The molecule has 1 aromatic carbocycles. The molecule has 6 nitrogen and oxygen atoms in total. The SMILES string of the molecule is CCc1nc(C(=O)NCC(N)C2CC2)nn1-c1ccccc1Cl.Cl. The third kappa shape index (κ3) is 4.06. The van der Waals surface area contributed by atoms with Gasteiger partial charge >= 0.3 is 0 Å². The highest BCUT2D eigenvalue weighted by molar-refractivity contribution is 6.32. The van der Waals surface area contributed by atoms with Crippen molar-refractivity contribution < 1.29 is 4.79 Å². The Bertz CT molecular complexity index is 714. The highest BCUT2D eigenvalue weighted by atomic mass is 35.5. The van der Waals surface area contributed by atoms with Gasteiger partial charge < -0.3 is 11.1 Å². The second-order valence-electron chi connectivity index (χ2n) is 5.78. The first kappa shape index (κ1) is 18.7. The molecule has 1 heterocycles. The van der Waals surface area contributed by atoms with Crippen LogP contribution in [0.2, 0.25) is 5.02 Å². The predicted octanol–water partition coefficient (Wildman–Crippen LogP) is 2.37. The van der Waals surface area contributed by atoms with Crippen LogP contribution in [0.1, 0.15) is 36.2 Å². The lowest BCUT2D eigenvalue weighted by Crippen LogP contribution is -2.38. The molecule has 24 heavy (non-hydrogen) atoms. The van der Waals surface area contributed by atoms with Gasteiger partial charge in [-0.25, -0.2) is 9.67 Å². The van der Waals surface area contributed by atoms with Crippen molar-refractivity contribution in [2.24, 2.45) is 11.7 Å². The summed E-state index contributed by atoms with van der Waals surface area (Å²) in [7, 11) is 0. The van der Waals surface area contributed by atoms with E-state index in [1.165, 1.54) is 0 Å². The Kier molecular flexibility index (Phi) is 6.21. The monoisotopic (exact) mass is 369 g/mol. The second-order valence-corrected chi connectivity index (χ2v) is 6.19. The van der Waals surface area contributed by atoms with Gasteiger partial charge in [-0.15, -0.1) is 17.5 Å². The van der Waals surface area contributed by atoms with Gasteiger partial charge in [-0.2, -0.15) is 0 Å². The Morgan fingerprint density at radius 2 is 2.17 bits per heavy atom. The number of nitrogens with two attached hydrogens (primary N) is 1. The van der Waals surface area contributed by atoms with Gasteiger partial charge in [-0.05, 0) is 30.9 Å². The number of nitrogens with one attached hydrogen (secondary N) is 1. The van der Waals surface area contributed by atoms with Crippen LogP contribution in [0.15, 0.2) is 24.3 Å². The second kappa shape index (κ2) is 7.96. The summed E-state index contributed by atoms with van der Waals surface area (Å²) in [5, 5.41) is 7.70. The van der Waals surface area contributed by atoms with E-state index in [4.69, 9.17) is 17.3 Å². The van der Waals surface area contributed by atoms with Crippen molar-refractivity contribution in [3.63, 3.8) is 0 Å². The maximum Gasteiger partial charge on any atom is 0.291 e. The molecular weight excluding hydrogens is 349 g/mol. The molecule has 2 aromatic rings. The Morgan fingerprint density at radius 1 is 1.46 bits per heavy atom. The Morgan fingerprint density at radius 3 is 2.79 bits per heavy atom. The minimum atomic E-state index is -0.304. The van der Waals surface area contributed by atoms with Gasteiger partial charge in [0.1, 0.15) is 5.82 Å². The van der Waals surface area contributed by atoms with E-state index in [1.807, 2.05) is 25.1 Å². The van der Waals surface area contributed by atoms with E-state index in [9.17, 15) is 4.79 Å². The van der Waals surface area contributed by atoms with Crippen LogP contribution in [0.25, 0.3) is 5.69 Å². The van der Waals surface area contributed by atoms with Crippen molar-refractivity contribution in [3.05, 3.63) is 40.9 Å². The molecule has 8 heteroatoms. The summed E-state index contributed by atoms with van der Waals surface area (Å²) < 4.78 is 1.62. The molecule has 1 fully saturated rings. The van der Waals surface area contributed by atoms with Crippen LogP contribution in [-0.4, -0.2) is 33.3 Å². The van der Waals surface area contributed by atoms with E-state index in [0.29, 0.717) is 35.4 Å². The topological polar surface area (TPSA) is 85.8 Å². The summed E-state index contributed by atoms with van der Waals surface area (Å²) in [6.07, 6.45) is 2.94. The molecule has 1 atom stereocenters. The van der Waals surface area contributed by atoms with E-state index in [1.54, 1.807) is 10.7 Å². The van der Waals surface area contributed by atoms with Gasteiger partial charge in [0.25, 0.3) is 5.91 Å². The fourth-order valence-electron chi connectivity index (χ4n) is 2.47. The quantitative estimate of drug-likeness (QED) is 0.818. The number of rotatable bonds is 6. The standard InChI is InChI=1S/C16H20ClN5O.ClH/c1-2-14-20-15(16(23)19-9-12(18)10-7-8-10)21-22(14)13-6-4-3-5-11(13)17;/h3-6,10,12H,2,7-9,18H2,1H3,(H,19,23);1H. The molecule has 1 amide bonds. The molecule has 0 saturated heterocycles. The van der Waals surface area contributed by atoms with Gasteiger partial charge in [-0.3, -0.25) is 4.79 Å². The molecule has 3 N–H and O–H groups in total. The van der Waals surface area contributed by atoms with Gasteiger partial charge in [0.05, 0.1) is 10.7 Å². The summed E-state index contributed by atoms with van der Waals surface area (Å²) in [6.45, 7) is 2.41. The molecule has 1 aromatic heterocycles. The average Bonchev–Trinajstić information content (AvgIpc) is 3.32. The first-order valence-electron chi connectivity index (χ1n) is 7.84. The summed E-state index contributed by atoms with van der Waals surface area (Å²) in [5.41, 5.74) is 6.71. The number of carbonyl (C=O) groups is 1. The molecule has 1 unspecified atom stereocenters. The number of hydrogen-bond acceptors (Lipinski definition) is 4. The molecule has 0 spiro atoms. The van der Waals surface area contributed by atoms with Crippen molar-refractivity contribution >= 4 is 29.9 Å². The number of hydrogen-bond donors (Lipinski definition) is 2. The Labute approximate surface area is 152 Å². The average molecular weight is 370 g/mol. The first-order valence-corrected chi connectivity index (χ1v) is 8.22. The van der Waals surface area contributed by atoms with Crippen LogP contribution < -0.4 is 11.1 Å². The Hall–Kier alpha value is -1.63. The summed E-state index contributed by atoms with van der Waals surface area (Å²) in [5.74, 6) is 1.07. The van der Waals surface area contributed by atoms with Crippen LogP contribution in [0.5, 0.6) is 0 Å². The Balaban J connectivity index is 0.00000208. The number of amides is 1. The highest BCUT2D eigenvalue weighted by Crippen LogP contribution is 2.31. The minimum Gasteiger partial charge on any atom is -0.348 e. The highest BCUT2D eigenvalue weighted by Gasteiger charge is 2.29. The zero-order valence-corrected chi connectivity index (χ0v) is 15.0. The van der Waals surface area contributed by atoms with Crippen LogP contribution >= 0.6 is 24.0 Å². The first-order chi connectivity index (χ1) is 11.1. The molecule has 1 aliphatic carbocycles. The smallest absolute Gasteiger partial charge is 0.291 e. The van der Waals surface area contributed by atoms with Crippen molar-refractivity contribution in [2.45, 2.75) is 32.2 Å². The molecular formula is C16H21Cl2N5O. The van der Waals surface area contributed by atoms with E-state index < -0.39 is 0 Å². The number of nitrogens with zero attached hydrogens (tertiary/aromatic N) is 3. The molecule has 0 bridgehead atoms. The summed E-state index contributed by atoms with van der Waals surface area (Å²) in [4.78, 5) is 16.6. The van der Waals surface area contributed by atoms with Crippen LogP contribution in [0.3, 0.4) is 0 Å². The van der Waals surface area contributed by atoms with E-state index in [0.717, 1.165) is 12.8 Å². The van der Waals surface area contributed by atoms with Crippen LogP contribution in [0, 0.1) is 5.92 Å². The summed E-state index contributed by atoms with van der Waals surface area (Å²) in [6, 6.07) is 7.36. The number of carbonyl (C=O) groups excluding carboxylic acids is 1. The lowest BCUT2D eigenvalue weighted by atomic mass is 10.2. The van der Waals surface area contributed by atoms with Gasteiger partial charge in [0.2, 0.25) is 5.82 Å². The van der Waals surface area contributed by atoms with Crippen molar-refractivity contribution in [1.82, 2.24) is 20.1 Å². The third-order valence-electron chi connectivity index (χ3n) is 4.00. The number of halogens is 2. The number of para-hydroxylation sites is 1. The molecule has 0 radical (unpaired) electrons. The lowest BCUT2D eigenvalue weighted by Gasteiger charge is -2.09. The van der Waals surface area contributed by atoms with E-state index in [2.05, 4.69) is 15.4 Å². The summed E-state index contributed by atoms with van der Waals surface area (Å²) >= 11 is 6.22. The van der Waals surface area contributed by atoms with Crippen molar-refractivity contribution in [2.75, 3.05) is 6.54 Å². The fraction of sp³-hybridized carbons (Fsp3) is 0.438. The molecule has 3 rings (SSSR count). The number of benzene rings is 1. The van der Waals surface area contributed by atoms with Gasteiger partial charge in [0, 0.05) is 19.0 Å². The minimum absolute atomic E-state index is 0. The lowest BCUT2D eigenvalue weighted by molar-refractivity contribution is 0.0940. The zero-order valence-electron chi connectivity index (χ0n) is 13.4. The molecule has 1 saturated carbocycles. The predicted molar refractivity (Wildman–Crippen MR) is 96.0 cm³/mol. The third-order valence-corrected chi connectivity index (χ3v) is 4.32. The van der Waals surface area contributed by atoms with Crippen molar-refractivity contribution in [1.29, 1.82) is 0 Å². The van der Waals surface area contributed by atoms with Gasteiger partial charge in [-0.1, -0.05) is 30.7 Å². The number of aryl methyl sites for hydroxylation is 1. The van der Waals surface area contributed by atoms with Crippen LogP contribution in [-0.2, 0) is 6.42 Å². The van der Waals surface area contributed by atoms with E-state index >= 15 is 0 Å². The normalized spacial score (nSPS) is 14.8. The van der Waals surface area contributed by atoms with Crippen molar-refractivity contribution in [3.8, 4) is 5.69 Å². The van der Waals surface area contributed by atoms with Crippen LogP contribution in [0.4, 0.5) is 0 Å². The maximum atomic E-state index is 12.3. The largest absolute Gasteiger partial charge is 0.348 e. The number of aromatic nitrogens is 3. The fourth-order valence-corrected chi connectivity index (χ4v) is 2.68. The van der Waals surface area contributed by atoms with E-state index in [-0.39, 0.29) is 30.2 Å². The molecule has 1 aliphatic rings. The zero-order chi connectivity index (χ0) is 16.4.